The molecule has 1 amide bonds. The molecule has 0 aliphatic heterocycles. The van der Waals surface area contributed by atoms with Crippen LogP contribution in [0, 0.1) is 12.3 Å². The summed E-state index contributed by atoms with van der Waals surface area (Å²) in [5, 5.41) is 20.9. The van der Waals surface area contributed by atoms with Crippen LogP contribution in [0.15, 0.2) is 18.2 Å². The van der Waals surface area contributed by atoms with Crippen molar-refractivity contribution in [3.05, 3.63) is 23.8 Å². The van der Waals surface area contributed by atoms with Gasteiger partial charge < -0.3 is 15.5 Å². The van der Waals surface area contributed by atoms with Crippen LogP contribution >= 0.6 is 0 Å². The number of rotatable bonds is 3. The molecule has 0 saturated carbocycles. The Balaban J connectivity index is 2.81. The fourth-order valence-corrected chi connectivity index (χ4v) is 1.17. The Morgan fingerprint density at radius 1 is 1.50 bits per heavy atom. The van der Waals surface area contributed by atoms with E-state index in [1.807, 2.05) is 6.92 Å². The predicted molar refractivity (Wildman–Crippen MR) is 60.1 cm³/mol. The molecule has 0 bridgehead atoms. The zero-order chi connectivity index (χ0) is 12.1. The highest BCUT2D eigenvalue weighted by Crippen LogP contribution is 2.24. The maximum absolute atomic E-state index is 11.6. The number of phenolic OH excluding ortho intramolecular Hbond substituents is 2. The second kappa shape index (κ2) is 5.08. The molecule has 4 nitrogen and oxygen atoms in total. The van der Waals surface area contributed by atoms with Crippen molar-refractivity contribution in [3.8, 4) is 23.8 Å². The van der Waals surface area contributed by atoms with Crippen molar-refractivity contribution >= 4 is 5.91 Å². The molecular formula is C12H13NO3. The summed E-state index contributed by atoms with van der Waals surface area (Å²) in [6.45, 7) is 1.86. The highest BCUT2D eigenvalue weighted by molar-refractivity contribution is 5.95. The summed E-state index contributed by atoms with van der Waals surface area (Å²) in [7, 11) is 0. The van der Waals surface area contributed by atoms with Crippen molar-refractivity contribution in [2.24, 2.45) is 0 Å². The standard InChI is InChI=1S/C12H13NO3/c1-3-9(4-2)13-12(16)8-5-6-10(14)11(15)7-8/h1,5-7,9,14-15H,4H2,2H3,(H,13,16). The fraction of sp³-hybridized carbons (Fsp3) is 0.250. The van der Waals surface area contributed by atoms with E-state index in [1.165, 1.54) is 18.2 Å². The highest BCUT2D eigenvalue weighted by Gasteiger charge is 2.11. The van der Waals surface area contributed by atoms with Crippen LogP contribution in [0.4, 0.5) is 0 Å². The lowest BCUT2D eigenvalue weighted by atomic mass is 10.1. The third-order valence-corrected chi connectivity index (χ3v) is 2.15. The van der Waals surface area contributed by atoms with Crippen molar-refractivity contribution in [2.45, 2.75) is 19.4 Å². The van der Waals surface area contributed by atoms with Gasteiger partial charge in [-0.15, -0.1) is 6.42 Å². The molecule has 0 aliphatic carbocycles. The largest absolute Gasteiger partial charge is 0.504 e. The quantitative estimate of drug-likeness (QED) is 0.529. The molecule has 1 aromatic carbocycles. The average Bonchev–Trinajstić information content (AvgIpc) is 2.29. The number of aromatic hydroxyl groups is 2. The van der Waals surface area contributed by atoms with Gasteiger partial charge in [0.25, 0.3) is 5.91 Å². The predicted octanol–water partition coefficient (Wildman–Crippen LogP) is 1.24. The first kappa shape index (κ1) is 11.9. The molecule has 0 saturated heterocycles. The minimum absolute atomic E-state index is 0.254. The minimum atomic E-state index is -0.375. The van der Waals surface area contributed by atoms with Crippen LogP contribution in [0.1, 0.15) is 23.7 Å². The molecule has 1 unspecified atom stereocenters. The minimum Gasteiger partial charge on any atom is -0.504 e. The van der Waals surface area contributed by atoms with Gasteiger partial charge >= 0.3 is 0 Å². The van der Waals surface area contributed by atoms with Gasteiger partial charge in [0.2, 0.25) is 0 Å². The summed E-state index contributed by atoms with van der Waals surface area (Å²) in [5.41, 5.74) is 0.254. The smallest absolute Gasteiger partial charge is 0.252 e. The van der Waals surface area contributed by atoms with Gasteiger partial charge in [0.05, 0.1) is 6.04 Å². The molecule has 4 heteroatoms. The van der Waals surface area contributed by atoms with Gasteiger partial charge in [0.1, 0.15) is 0 Å². The fourth-order valence-electron chi connectivity index (χ4n) is 1.17. The second-order valence-corrected chi connectivity index (χ2v) is 3.30. The first-order valence-corrected chi connectivity index (χ1v) is 4.87. The summed E-state index contributed by atoms with van der Waals surface area (Å²) in [4.78, 5) is 11.6. The van der Waals surface area contributed by atoms with Gasteiger partial charge in [-0.05, 0) is 24.6 Å². The number of benzene rings is 1. The van der Waals surface area contributed by atoms with E-state index in [4.69, 9.17) is 11.5 Å². The monoisotopic (exact) mass is 219 g/mol. The molecule has 16 heavy (non-hydrogen) atoms. The van der Waals surface area contributed by atoms with Gasteiger partial charge in [-0.3, -0.25) is 4.79 Å². The van der Waals surface area contributed by atoms with Crippen LogP contribution < -0.4 is 5.32 Å². The Kier molecular flexibility index (Phi) is 3.78. The number of carbonyl (C=O) groups is 1. The summed E-state index contributed by atoms with van der Waals surface area (Å²) in [6.07, 6.45) is 5.84. The van der Waals surface area contributed by atoms with Crippen LogP contribution in [0.5, 0.6) is 11.5 Å². The number of terminal acetylenes is 1. The number of phenols is 2. The van der Waals surface area contributed by atoms with Gasteiger partial charge in [-0.2, -0.15) is 0 Å². The van der Waals surface area contributed by atoms with E-state index in [9.17, 15) is 9.90 Å². The molecule has 84 valence electrons. The average molecular weight is 219 g/mol. The van der Waals surface area contributed by atoms with Crippen LogP contribution in [-0.4, -0.2) is 22.2 Å². The van der Waals surface area contributed by atoms with E-state index < -0.39 is 0 Å². The third-order valence-electron chi connectivity index (χ3n) is 2.15. The van der Waals surface area contributed by atoms with Crippen LogP contribution in [0.2, 0.25) is 0 Å². The molecular weight excluding hydrogens is 206 g/mol. The SMILES string of the molecule is C#CC(CC)NC(=O)c1ccc(O)c(O)c1. The van der Waals surface area contributed by atoms with Crippen LogP contribution in [-0.2, 0) is 0 Å². The van der Waals surface area contributed by atoms with Crippen molar-refractivity contribution in [1.29, 1.82) is 0 Å². The molecule has 0 aromatic heterocycles. The zero-order valence-electron chi connectivity index (χ0n) is 8.90. The number of amides is 1. The maximum atomic E-state index is 11.6. The first-order chi connectivity index (χ1) is 7.58. The van der Waals surface area contributed by atoms with Crippen molar-refractivity contribution in [3.63, 3.8) is 0 Å². The van der Waals surface area contributed by atoms with Gasteiger partial charge in [-0.25, -0.2) is 0 Å². The molecule has 0 spiro atoms. The highest BCUT2D eigenvalue weighted by atomic mass is 16.3. The lowest BCUT2D eigenvalue weighted by Gasteiger charge is -2.10. The van der Waals surface area contributed by atoms with Crippen LogP contribution in [0.25, 0.3) is 0 Å². The normalized spacial score (nSPS) is 11.5. The molecule has 1 aromatic rings. The number of hydrogen-bond donors (Lipinski definition) is 3. The third kappa shape index (κ3) is 2.67. The summed E-state index contributed by atoms with van der Waals surface area (Å²) < 4.78 is 0. The maximum Gasteiger partial charge on any atom is 0.252 e. The van der Waals surface area contributed by atoms with E-state index in [1.54, 1.807) is 0 Å². The van der Waals surface area contributed by atoms with Crippen molar-refractivity contribution < 1.29 is 15.0 Å². The van der Waals surface area contributed by atoms with Gasteiger partial charge in [0.15, 0.2) is 11.5 Å². The Bertz CT molecular complexity index is 434. The van der Waals surface area contributed by atoms with E-state index in [0.29, 0.717) is 6.42 Å². The molecule has 0 heterocycles. The number of carbonyl (C=O) groups excluding carboxylic acids is 1. The second-order valence-electron chi connectivity index (χ2n) is 3.30. The van der Waals surface area contributed by atoms with Gasteiger partial charge in [0, 0.05) is 5.56 Å². The zero-order valence-corrected chi connectivity index (χ0v) is 8.90. The Morgan fingerprint density at radius 2 is 2.19 bits per heavy atom. The lowest BCUT2D eigenvalue weighted by Crippen LogP contribution is -2.33. The summed E-state index contributed by atoms with van der Waals surface area (Å²) in [6, 6.07) is 3.52. The van der Waals surface area contributed by atoms with Crippen molar-refractivity contribution in [1.82, 2.24) is 5.32 Å². The lowest BCUT2D eigenvalue weighted by molar-refractivity contribution is 0.0944. The Hall–Kier alpha value is -2.15. The number of hydrogen-bond acceptors (Lipinski definition) is 3. The molecule has 0 aliphatic rings. The van der Waals surface area contributed by atoms with Gasteiger partial charge in [-0.1, -0.05) is 12.8 Å². The van der Waals surface area contributed by atoms with E-state index >= 15 is 0 Å². The Labute approximate surface area is 93.9 Å². The Morgan fingerprint density at radius 3 is 2.69 bits per heavy atom. The van der Waals surface area contributed by atoms with E-state index in [-0.39, 0.29) is 29.0 Å². The van der Waals surface area contributed by atoms with Crippen molar-refractivity contribution in [2.75, 3.05) is 0 Å². The van der Waals surface area contributed by atoms with Crippen LogP contribution in [0.3, 0.4) is 0 Å². The summed E-state index contributed by atoms with van der Waals surface area (Å²) >= 11 is 0. The molecule has 3 N–H and O–H groups in total. The van der Waals surface area contributed by atoms with E-state index in [2.05, 4.69) is 11.2 Å². The molecule has 0 radical (unpaired) electrons. The number of nitrogens with one attached hydrogen (secondary N) is 1. The molecule has 1 atom stereocenters. The first-order valence-electron chi connectivity index (χ1n) is 4.87. The molecule has 0 fully saturated rings. The molecule has 1 rings (SSSR count). The van der Waals surface area contributed by atoms with E-state index in [0.717, 1.165) is 0 Å². The summed E-state index contributed by atoms with van der Waals surface area (Å²) in [5.74, 6) is 1.46. The topological polar surface area (TPSA) is 69.6 Å².